The highest BCUT2D eigenvalue weighted by molar-refractivity contribution is 7.99. The van der Waals surface area contributed by atoms with Gasteiger partial charge in [0.2, 0.25) is 0 Å². The third-order valence-corrected chi connectivity index (χ3v) is 5.79. The molecule has 0 aliphatic rings. The van der Waals surface area contributed by atoms with E-state index in [4.69, 9.17) is 0 Å². The van der Waals surface area contributed by atoms with Gasteiger partial charge in [-0.25, -0.2) is 10.4 Å². The number of hydrazone groups is 1. The van der Waals surface area contributed by atoms with Crippen LogP contribution >= 0.6 is 11.8 Å². The second-order valence-corrected chi connectivity index (χ2v) is 8.32. The molecule has 7 heteroatoms. The largest absolute Gasteiger partial charge is 0.272 e. The first kappa shape index (κ1) is 21.5. The van der Waals surface area contributed by atoms with Gasteiger partial charge in [-0.1, -0.05) is 71.4 Å². The van der Waals surface area contributed by atoms with Crippen LogP contribution in [0.1, 0.15) is 16.7 Å². The van der Waals surface area contributed by atoms with Gasteiger partial charge in [-0.15, -0.1) is 0 Å². The molecule has 160 valence electrons. The smallest absolute Gasteiger partial charge is 0.266 e. The van der Waals surface area contributed by atoms with Gasteiger partial charge in [0.15, 0.2) is 5.16 Å². The van der Waals surface area contributed by atoms with Gasteiger partial charge in [-0.3, -0.25) is 14.2 Å². The van der Waals surface area contributed by atoms with Crippen molar-refractivity contribution >= 4 is 34.8 Å². The van der Waals surface area contributed by atoms with E-state index in [1.54, 1.807) is 22.9 Å². The number of carbonyl (C=O) groups is 1. The van der Waals surface area contributed by atoms with Gasteiger partial charge < -0.3 is 0 Å². The summed E-state index contributed by atoms with van der Waals surface area (Å²) in [4.78, 5) is 30.2. The fraction of sp³-hybridized carbons (Fsp3) is 0.120. The molecule has 0 radical (unpaired) electrons. The van der Waals surface area contributed by atoms with Crippen LogP contribution in [0.4, 0.5) is 0 Å². The Kier molecular flexibility index (Phi) is 6.47. The highest BCUT2D eigenvalue weighted by Crippen LogP contribution is 2.21. The Labute approximate surface area is 190 Å². The van der Waals surface area contributed by atoms with E-state index in [0.717, 1.165) is 16.7 Å². The zero-order valence-corrected chi connectivity index (χ0v) is 18.6. The average Bonchev–Trinajstić information content (AvgIpc) is 2.80. The Morgan fingerprint density at radius 2 is 1.66 bits per heavy atom. The number of hydrogen-bond donors (Lipinski definition) is 1. The Bertz CT molecular complexity index is 1340. The molecule has 1 amide bonds. The van der Waals surface area contributed by atoms with Crippen molar-refractivity contribution in [3.05, 3.63) is 99.8 Å². The van der Waals surface area contributed by atoms with Crippen molar-refractivity contribution < 1.29 is 4.79 Å². The minimum Gasteiger partial charge on any atom is -0.272 e. The third kappa shape index (κ3) is 4.95. The van der Waals surface area contributed by atoms with Gasteiger partial charge in [0, 0.05) is 0 Å². The molecular formula is C25H22N4O2S. The monoisotopic (exact) mass is 442 g/mol. The lowest BCUT2D eigenvalue weighted by Gasteiger charge is -2.13. The number of carbonyl (C=O) groups excluding carboxylic acids is 1. The molecule has 6 nitrogen and oxygen atoms in total. The van der Waals surface area contributed by atoms with Crippen LogP contribution < -0.4 is 11.0 Å². The minimum atomic E-state index is -0.281. The molecule has 1 aromatic heterocycles. The summed E-state index contributed by atoms with van der Waals surface area (Å²) in [5, 5.41) is 5.00. The van der Waals surface area contributed by atoms with Crippen molar-refractivity contribution in [1.82, 2.24) is 15.0 Å². The molecule has 4 rings (SSSR count). The van der Waals surface area contributed by atoms with E-state index in [1.807, 2.05) is 74.5 Å². The average molecular weight is 443 g/mol. The van der Waals surface area contributed by atoms with Gasteiger partial charge in [0.25, 0.3) is 11.5 Å². The SMILES string of the molecule is Cc1ccc(/C=N\NC(=O)CSc2nc3ccccc3c(=O)n2-c2ccc(C)cc2)cc1. The highest BCUT2D eigenvalue weighted by Gasteiger charge is 2.14. The van der Waals surface area contributed by atoms with E-state index in [1.165, 1.54) is 11.8 Å². The summed E-state index contributed by atoms with van der Waals surface area (Å²) < 4.78 is 1.55. The van der Waals surface area contributed by atoms with Crippen LogP contribution in [-0.4, -0.2) is 27.4 Å². The number of thioether (sulfide) groups is 1. The molecule has 0 saturated carbocycles. The van der Waals surface area contributed by atoms with Crippen molar-refractivity contribution in [3.8, 4) is 5.69 Å². The molecule has 0 aliphatic carbocycles. The standard InChI is InChI=1S/C25H22N4O2S/c1-17-7-11-19(12-8-17)15-26-28-23(30)16-32-25-27-22-6-4-3-5-21(22)24(31)29(25)20-13-9-18(2)10-14-20/h3-15H,16H2,1-2H3,(H,28,30)/b26-15-. The van der Waals surface area contributed by atoms with E-state index in [2.05, 4.69) is 15.5 Å². The van der Waals surface area contributed by atoms with Crippen LogP contribution in [0.25, 0.3) is 16.6 Å². The van der Waals surface area contributed by atoms with E-state index < -0.39 is 0 Å². The van der Waals surface area contributed by atoms with Crippen molar-refractivity contribution in [3.63, 3.8) is 0 Å². The van der Waals surface area contributed by atoms with Crippen LogP contribution in [0.15, 0.2) is 87.8 Å². The lowest BCUT2D eigenvalue weighted by atomic mass is 10.2. The number of aromatic nitrogens is 2. The molecule has 1 N–H and O–H groups in total. The molecule has 0 unspecified atom stereocenters. The molecule has 0 atom stereocenters. The summed E-state index contributed by atoms with van der Waals surface area (Å²) in [5.74, 6) is -0.210. The lowest BCUT2D eigenvalue weighted by molar-refractivity contribution is -0.118. The van der Waals surface area contributed by atoms with E-state index in [0.29, 0.717) is 21.7 Å². The minimum absolute atomic E-state index is 0.0713. The molecule has 32 heavy (non-hydrogen) atoms. The maximum atomic E-state index is 13.2. The summed E-state index contributed by atoms with van der Waals surface area (Å²) in [5.41, 5.74) is 6.81. The molecule has 0 bridgehead atoms. The Morgan fingerprint density at radius 3 is 2.38 bits per heavy atom. The van der Waals surface area contributed by atoms with Crippen LogP contribution in [-0.2, 0) is 4.79 Å². The number of amides is 1. The summed E-state index contributed by atoms with van der Waals surface area (Å²) in [6, 6.07) is 22.7. The normalized spacial score (nSPS) is 11.2. The molecule has 0 fully saturated rings. The number of para-hydroxylation sites is 1. The maximum absolute atomic E-state index is 13.2. The maximum Gasteiger partial charge on any atom is 0.266 e. The number of aryl methyl sites for hydroxylation is 2. The summed E-state index contributed by atoms with van der Waals surface area (Å²) in [6.07, 6.45) is 1.60. The highest BCUT2D eigenvalue weighted by atomic mass is 32.2. The topological polar surface area (TPSA) is 76.3 Å². The fourth-order valence-corrected chi connectivity index (χ4v) is 3.93. The van der Waals surface area contributed by atoms with E-state index in [-0.39, 0.29) is 17.2 Å². The molecule has 1 heterocycles. The number of nitrogens with zero attached hydrogens (tertiary/aromatic N) is 3. The van der Waals surface area contributed by atoms with Crippen molar-refractivity contribution in [2.45, 2.75) is 19.0 Å². The van der Waals surface area contributed by atoms with E-state index >= 15 is 0 Å². The van der Waals surface area contributed by atoms with Crippen molar-refractivity contribution in [2.75, 3.05) is 5.75 Å². The van der Waals surface area contributed by atoms with Crippen LogP contribution in [0.2, 0.25) is 0 Å². The molecule has 0 spiro atoms. The van der Waals surface area contributed by atoms with Crippen LogP contribution in [0.5, 0.6) is 0 Å². The molecular weight excluding hydrogens is 420 g/mol. The second-order valence-electron chi connectivity index (χ2n) is 7.38. The fourth-order valence-electron chi connectivity index (χ4n) is 3.12. The van der Waals surface area contributed by atoms with Gasteiger partial charge in [0.1, 0.15) is 0 Å². The molecule has 0 saturated heterocycles. The zero-order valence-electron chi connectivity index (χ0n) is 17.8. The molecule has 4 aromatic rings. The third-order valence-electron chi connectivity index (χ3n) is 4.85. The second kappa shape index (κ2) is 9.62. The van der Waals surface area contributed by atoms with Crippen LogP contribution in [0.3, 0.4) is 0 Å². The summed E-state index contributed by atoms with van der Waals surface area (Å²) in [6.45, 7) is 4.00. The van der Waals surface area contributed by atoms with Gasteiger partial charge in [-0.05, 0) is 43.7 Å². The van der Waals surface area contributed by atoms with Gasteiger partial charge in [-0.2, -0.15) is 5.10 Å². The molecule has 0 aliphatic heterocycles. The first-order valence-electron chi connectivity index (χ1n) is 10.1. The Hall–Kier alpha value is -3.71. The lowest BCUT2D eigenvalue weighted by Crippen LogP contribution is -2.24. The number of rotatable bonds is 6. The predicted molar refractivity (Wildman–Crippen MR) is 130 cm³/mol. The van der Waals surface area contributed by atoms with Crippen molar-refractivity contribution in [1.29, 1.82) is 0 Å². The number of hydrogen-bond acceptors (Lipinski definition) is 5. The first-order chi connectivity index (χ1) is 15.5. The van der Waals surface area contributed by atoms with E-state index in [9.17, 15) is 9.59 Å². The Balaban J connectivity index is 1.56. The number of benzene rings is 3. The first-order valence-corrected chi connectivity index (χ1v) is 11.1. The number of nitrogens with one attached hydrogen (secondary N) is 1. The summed E-state index contributed by atoms with van der Waals surface area (Å²) in [7, 11) is 0. The van der Waals surface area contributed by atoms with Crippen molar-refractivity contribution in [2.24, 2.45) is 5.10 Å². The predicted octanol–water partition coefficient (Wildman–Crippen LogP) is 4.24. The zero-order chi connectivity index (χ0) is 22.5. The van der Waals surface area contributed by atoms with Gasteiger partial charge >= 0.3 is 0 Å². The van der Waals surface area contributed by atoms with Gasteiger partial charge in [0.05, 0.1) is 28.6 Å². The van der Waals surface area contributed by atoms with Crippen LogP contribution in [0, 0.1) is 13.8 Å². The molecule has 3 aromatic carbocycles. The Morgan fingerprint density at radius 1 is 1.00 bits per heavy atom. The number of fused-ring (bicyclic) bond motifs is 1. The quantitative estimate of drug-likeness (QED) is 0.210. The summed E-state index contributed by atoms with van der Waals surface area (Å²) >= 11 is 1.20.